The lowest BCUT2D eigenvalue weighted by Crippen LogP contribution is -2.13. The van der Waals surface area contributed by atoms with Gasteiger partial charge in [-0.1, -0.05) is 35.4 Å². The molecule has 5 nitrogen and oxygen atoms in total. The van der Waals surface area contributed by atoms with Gasteiger partial charge in [0.25, 0.3) is 5.56 Å². The van der Waals surface area contributed by atoms with Gasteiger partial charge in [-0.3, -0.25) is 9.89 Å². The number of azo groups is 1. The normalized spacial score (nSPS) is 11.3. The molecule has 1 aromatic heterocycles. The van der Waals surface area contributed by atoms with Gasteiger partial charge in [0.1, 0.15) is 0 Å². The summed E-state index contributed by atoms with van der Waals surface area (Å²) in [6.45, 7) is 5.83. The first kappa shape index (κ1) is 15.0. The van der Waals surface area contributed by atoms with E-state index in [0.717, 1.165) is 22.5 Å². The van der Waals surface area contributed by atoms with E-state index in [-0.39, 0.29) is 5.56 Å². The first-order valence-corrected chi connectivity index (χ1v) is 7.41. The first-order chi connectivity index (χ1) is 11.0. The van der Waals surface area contributed by atoms with Gasteiger partial charge in [-0.25, -0.2) is 4.68 Å². The van der Waals surface area contributed by atoms with Crippen LogP contribution in [0.15, 0.2) is 63.6 Å². The SMILES string of the molecule is Cc1ccc(N=Nc2c(C)[nH]n(-c3ccc(C)cc3)c2=O)cc1. The molecule has 1 heterocycles. The van der Waals surface area contributed by atoms with E-state index in [1.54, 1.807) is 0 Å². The number of aromatic amines is 1. The van der Waals surface area contributed by atoms with Crippen molar-refractivity contribution in [1.29, 1.82) is 0 Å². The second-order valence-electron chi connectivity index (χ2n) is 5.60. The number of rotatable bonds is 3. The Bertz CT molecular complexity index is 900. The van der Waals surface area contributed by atoms with Crippen molar-refractivity contribution in [2.75, 3.05) is 0 Å². The third-order valence-electron chi connectivity index (χ3n) is 3.63. The van der Waals surface area contributed by atoms with Crippen molar-refractivity contribution in [3.63, 3.8) is 0 Å². The first-order valence-electron chi connectivity index (χ1n) is 7.41. The number of H-pyrrole nitrogens is 1. The van der Waals surface area contributed by atoms with Gasteiger partial charge >= 0.3 is 0 Å². The van der Waals surface area contributed by atoms with Crippen LogP contribution in [0.1, 0.15) is 16.8 Å². The van der Waals surface area contributed by atoms with Gasteiger partial charge < -0.3 is 0 Å². The molecule has 0 radical (unpaired) electrons. The predicted octanol–water partition coefficient (Wildman–Crippen LogP) is 4.51. The average molecular weight is 306 g/mol. The minimum Gasteiger partial charge on any atom is -0.293 e. The van der Waals surface area contributed by atoms with E-state index < -0.39 is 0 Å². The minimum absolute atomic E-state index is 0.206. The number of nitrogens with zero attached hydrogens (tertiary/aromatic N) is 3. The molecule has 3 aromatic rings. The molecule has 0 aliphatic rings. The van der Waals surface area contributed by atoms with Gasteiger partial charge in [0.2, 0.25) is 0 Å². The van der Waals surface area contributed by atoms with E-state index in [2.05, 4.69) is 15.3 Å². The number of hydrogen-bond acceptors (Lipinski definition) is 3. The van der Waals surface area contributed by atoms with E-state index >= 15 is 0 Å². The van der Waals surface area contributed by atoms with Gasteiger partial charge in [0.15, 0.2) is 5.69 Å². The number of hydrogen-bond donors (Lipinski definition) is 1. The predicted molar refractivity (Wildman–Crippen MR) is 91.2 cm³/mol. The zero-order valence-corrected chi connectivity index (χ0v) is 13.4. The van der Waals surface area contributed by atoms with Crippen molar-refractivity contribution < 1.29 is 0 Å². The van der Waals surface area contributed by atoms with E-state index in [1.807, 2.05) is 69.3 Å². The van der Waals surface area contributed by atoms with Crippen LogP contribution < -0.4 is 5.56 Å². The average Bonchev–Trinajstić information content (AvgIpc) is 2.82. The highest BCUT2D eigenvalue weighted by atomic mass is 16.1. The van der Waals surface area contributed by atoms with Crippen molar-refractivity contribution in [3.05, 3.63) is 75.7 Å². The number of nitrogens with one attached hydrogen (secondary N) is 1. The van der Waals surface area contributed by atoms with E-state index in [1.165, 1.54) is 4.68 Å². The standard InChI is InChI=1S/C18H18N4O/c1-12-4-8-15(9-5-12)19-20-17-14(3)21-22(18(17)23)16-10-6-13(2)7-11-16/h4-11,21H,1-3H3. The summed E-state index contributed by atoms with van der Waals surface area (Å²) in [7, 11) is 0. The molecule has 0 unspecified atom stereocenters. The van der Waals surface area contributed by atoms with Gasteiger partial charge in [-0.05, 0) is 45.0 Å². The molecule has 0 saturated carbocycles. The fourth-order valence-electron chi connectivity index (χ4n) is 2.25. The maximum Gasteiger partial charge on any atom is 0.299 e. The fraction of sp³-hybridized carbons (Fsp3) is 0.167. The molecule has 0 bridgehead atoms. The Hall–Kier alpha value is -2.95. The molecule has 3 rings (SSSR count). The highest BCUT2D eigenvalue weighted by Gasteiger charge is 2.11. The maximum atomic E-state index is 12.5. The second-order valence-corrected chi connectivity index (χ2v) is 5.60. The summed E-state index contributed by atoms with van der Waals surface area (Å²) in [4.78, 5) is 12.5. The molecule has 0 fully saturated rings. The summed E-state index contributed by atoms with van der Waals surface area (Å²) in [6.07, 6.45) is 0. The van der Waals surface area contributed by atoms with Crippen LogP contribution in [0.5, 0.6) is 0 Å². The Balaban J connectivity index is 1.96. The van der Waals surface area contributed by atoms with E-state index in [9.17, 15) is 4.79 Å². The van der Waals surface area contributed by atoms with Crippen LogP contribution in [-0.4, -0.2) is 9.78 Å². The lowest BCUT2D eigenvalue weighted by molar-refractivity contribution is 0.835. The highest BCUT2D eigenvalue weighted by molar-refractivity contribution is 5.45. The van der Waals surface area contributed by atoms with Crippen molar-refractivity contribution in [3.8, 4) is 5.69 Å². The summed E-state index contributed by atoms with van der Waals surface area (Å²) in [5.41, 5.74) is 4.60. The number of benzene rings is 2. The zero-order valence-electron chi connectivity index (χ0n) is 13.4. The Kier molecular flexibility index (Phi) is 3.93. The van der Waals surface area contributed by atoms with Crippen molar-refractivity contribution in [2.45, 2.75) is 20.8 Å². The van der Waals surface area contributed by atoms with Crippen molar-refractivity contribution in [1.82, 2.24) is 9.78 Å². The monoisotopic (exact) mass is 306 g/mol. The summed E-state index contributed by atoms with van der Waals surface area (Å²) in [5, 5.41) is 11.3. The number of aryl methyl sites for hydroxylation is 3. The minimum atomic E-state index is -0.206. The molecule has 5 heteroatoms. The van der Waals surface area contributed by atoms with Crippen LogP contribution in [-0.2, 0) is 0 Å². The smallest absolute Gasteiger partial charge is 0.293 e. The Labute approximate surface area is 134 Å². The lowest BCUT2D eigenvalue weighted by Gasteiger charge is -2.01. The van der Waals surface area contributed by atoms with Crippen molar-refractivity contribution >= 4 is 11.4 Å². The Morgan fingerprint density at radius 2 is 1.39 bits per heavy atom. The molecular formula is C18H18N4O. The van der Waals surface area contributed by atoms with Crippen LogP contribution in [0.2, 0.25) is 0 Å². The van der Waals surface area contributed by atoms with E-state index in [0.29, 0.717) is 11.4 Å². The molecular weight excluding hydrogens is 288 g/mol. The topological polar surface area (TPSA) is 62.5 Å². The third-order valence-corrected chi connectivity index (χ3v) is 3.63. The highest BCUT2D eigenvalue weighted by Crippen LogP contribution is 2.19. The largest absolute Gasteiger partial charge is 0.299 e. The summed E-state index contributed by atoms with van der Waals surface area (Å²) < 4.78 is 1.48. The molecule has 0 atom stereocenters. The van der Waals surface area contributed by atoms with Crippen LogP contribution >= 0.6 is 0 Å². The molecule has 0 saturated heterocycles. The zero-order chi connectivity index (χ0) is 16.4. The van der Waals surface area contributed by atoms with Gasteiger partial charge in [0.05, 0.1) is 17.1 Å². The molecule has 0 amide bonds. The van der Waals surface area contributed by atoms with Gasteiger partial charge in [-0.15, -0.1) is 5.11 Å². The molecule has 0 aliphatic carbocycles. The second kappa shape index (κ2) is 6.04. The van der Waals surface area contributed by atoms with Crippen LogP contribution in [0, 0.1) is 20.8 Å². The molecule has 116 valence electrons. The van der Waals surface area contributed by atoms with Gasteiger partial charge in [0, 0.05) is 0 Å². The van der Waals surface area contributed by atoms with Gasteiger partial charge in [-0.2, -0.15) is 5.11 Å². The van der Waals surface area contributed by atoms with Crippen LogP contribution in [0.4, 0.5) is 11.4 Å². The van der Waals surface area contributed by atoms with Crippen molar-refractivity contribution in [2.24, 2.45) is 10.2 Å². The molecule has 23 heavy (non-hydrogen) atoms. The third kappa shape index (κ3) is 3.13. The Morgan fingerprint density at radius 3 is 2.00 bits per heavy atom. The molecule has 0 spiro atoms. The molecule has 1 N–H and O–H groups in total. The van der Waals surface area contributed by atoms with Crippen LogP contribution in [0.25, 0.3) is 5.69 Å². The summed E-state index contributed by atoms with van der Waals surface area (Å²) >= 11 is 0. The molecule has 0 aliphatic heterocycles. The summed E-state index contributed by atoms with van der Waals surface area (Å²) in [6, 6.07) is 15.4. The maximum absolute atomic E-state index is 12.5. The Morgan fingerprint density at radius 1 is 0.826 bits per heavy atom. The van der Waals surface area contributed by atoms with E-state index in [4.69, 9.17) is 0 Å². The number of aromatic nitrogens is 2. The van der Waals surface area contributed by atoms with Crippen LogP contribution in [0.3, 0.4) is 0 Å². The summed E-state index contributed by atoms with van der Waals surface area (Å²) in [5.74, 6) is 0. The lowest BCUT2D eigenvalue weighted by atomic mass is 10.2. The quantitative estimate of drug-likeness (QED) is 0.711. The molecule has 2 aromatic carbocycles. The fourth-order valence-corrected chi connectivity index (χ4v) is 2.25.